The van der Waals surface area contributed by atoms with Gasteiger partial charge in [-0.3, -0.25) is 19.6 Å². The van der Waals surface area contributed by atoms with Gasteiger partial charge in [0.05, 0.1) is 9.82 Å². The molecule has 0 unspecified atom stereocenters. The number of nitrogens with one attached hydrogen (secondary N) is 1. The number of nitro groups is 1. The first-order valence-corrected chi connectivity index (χ1v) is 11.0. The Bertz CT molecular complexity index is 1060. The van der Waals surface area contributed by atoms with Crippen LogP contribution in [-0.2, 0) is 21.2 Å². The van der Waals surface area contributed by atoms with E-state index < -0.39 is 14.9 Å². The Hall–Kier alpha value is -2.94. The van der Waals surface area contributed by atoms with Crippen molar-refractivity contribution < 1.29 is 18.1 Å². The van der Waals surface area contributed by atoms with E-state index in [0.717, 1.165) is 49.1 Å². The molecule has 0 radical (unpaired) electrons. The maximum absolute atomic E-state index is 12.8. The Balaban J connectivity index is 1.52. The highest BCUT2D eigenvalue weighted by Gasteiger charge is 2.32. The van der Waals surface area contributed by atoms with Crippen LogP contribution in [0.1, 0.15) is 31.2 Å². The van der Waals surface area contributed by atoms with Gasteiger partial charge in [-0.1, -0.05) is 12.8 Å². The van der Waals surface area contributed by atoms with Gasteiger partial charge < -0.3 is 4.90 Å². The highest BCUT2D eigenvalue weighted by molar-refractivity contribution is 7.92. The predicted molar refractivity (Wildman–Crippen MR) is 108 cm³/mol. The molecule has 0 spiro atoms. The number of nitro benzene ring substituents is 1. The van der Waals surface area contributed by atoms with Gasteiger partial charge in [0, 0.05) is 36.0 Å². The largest absolute Gasteiger partial charge is 0.312 e. The molecule has 152 valence electrons. The van der Waals surface area contributed by atoms with Gasteiger partial charge in [-0.05, 0) is 55.2 Å². The van der Waals surface area contributed by atoms with E-state index in [2.05, 4.69) is 4.72 Å². The van der Waals surface area contributed by atoms with Gasteiger partial charge in [0.1, 0.15) is 0 Å². The van der Waals surface area contributed by atoms with Crippen molar-refractivity contribution in [3.63, 3.8) is 0 Å². The molecule has 9 heteroatoms. The van der Waals surface area contributed by atoms with Crippen LogP contribution in [0.3, 0.4) is 0 Å². The quantitative estimate of drug-likeness (QED) is 0.594. The van der Waals surface area contributed by atoms with Gasteiger partial charge in [-0.2, -0.15) is 0 Å². The Morgan fingerprint density at radius 2 is 1.79 bits per heavy atom. The summed E-state index contributed by atoms with van der Waals surface area (Å²) in [4.78, 5) is 24.7. The summed E-state index contributed by atoms with van der Waals surface area (Å²) in [7, 11) is -3.87. The molecule has 0 bridgehead atoms. The molecule has 1 fully saturated rings. The minimum absolute atomic E-state index is 0.0540. The van der Waals surface area contributed by atoms with Gasteiger partial charge in [0.25, 0.3) is 15.7 Å². The lowest BCUT2D eigenvalue weighted by molar-refractivity contribution is -0.384. The summed E-state index contributed by atoms with van der Waals surface area (Å²) in [6.07, 6.45) is 4.76. The number of hydrogen-bond donors (Lipinski definition) is 1. The number of nitrogens with zero attached hydrogens (tertiary/aromatic N) is 2. The normalized spacial score (nSPS) is 16.6. The monoisotopic (exact) mass is 415 g/mol. The average molecular weight is 415 g/mol. The SMILES string of the molecule is O=C(C1CCCC1)N1CCc2cc(NS(=O)(=O)c3ccc([N+](=O)[O-])cc3)ccc21. The maximum Gasteiger partial charge on any atom is 0.269 e. The van der Waals surface area contributed by atoms with E-state index in [1.54, 1.807) is 18.2 Å². The van der Waals surface area contributed by atoms with Crippen LogP contribution in [0.5, 0.6) is 0 Å². The number of sulfonamides is 1. The van der Waals surface area contributed by atoms with Crippen molar-refractivity contribution in [2.24, 2.45) is 5.92 Å². The molecular formula is C20H21N3O5S. The molecule has 29 heavy (non-hydrogen) atoms. The Morgan fingerprint density at radius 3 is 2.45 bits per heavy atom. The van der Waals surface area contributed by atoms with Crippen molar-refractivity contribution in [3.8, 4) is 0 Å². The summed E-state index contributed by atoms with van der Waals surface area (Å²) in [5, 5.41) is 10.7. The zero-order valence-corrected chi connectivity index (χ0v) is 16.5. The third kappa shape index (κ3) is 3.82. The number of fused-ring (bicyclic) bond motifs is 1. The fraction of sp³-hybridized carbons (Fsp3) is 0.350. The molecule has 1 heterocycles. The van der Waals surface area contributed by atoms with E-state index >= 15 is 0 Å². The van der Waals surface area contributed by atoms with Gasteiger partial charge >= 0.3 is 0 Å². The lowest BCUT2D eigenvalue weighted by Gasteiger charge is -2.21. The fourth-order valence-electron chi connectivity index (χ4n) is 4.05. The molecule has 1 saturated carbocycles. The fourth-order valence-corrected chi connectivity index (χ4v) is 5.10. The van der Waals surface area contributed by atoms with Crippen LogP contribution in [0.2, 0.25) is 0 Å². The number of hydrogen-bond acceptors (Lipinski definition) is 5. The molecule has 1 amide bonds. The zero-order valence-electron chi connectivity index (χ0n) is 15.7. The van der Waals surface area contributed by atoms with Crippen LogP contribution in [0.15, 0.2) is 47.4 Å². The smallest absolute Gasteiger partial charge is 0.269 e. The lowest BCUT2D eigenvalue weighted by atomic mass is 10.1. The second kappa shape index (κ2) is 7.47. The lowest BCUT2D eigenvalue weighted by Crippen LogP contribution is -2.33. The minimum Gasteiger partial charge on any atom is -0.312 e. The van der Waals surface area contributed by atoms with Gasteiger partial charge in [-0.25, -0.2) is 8.42 Å². The zero-order chi connectivity index (χ0) is 20.6. The van der Waals surface area contributed by atoms with Crippen molar-refractivity contribution in [2.45, 2.75) is 37.0 Å². The average Bonchev–Trinajstić information content (AvgIpc) is 3.37. The molecule has 8 nitrogen and oxygen atoms in total. The summed E-state index contributed by atoms with van der Waals surface area (Å²) in [6.45, 7) is 0.614. The molecule has 4 rings (SSSR count). The number of non-ortho nitro benzene ring substituents is 1. The highest BCUT2D eigenvalue weighted by Crippen LogP contribution is 2.35. The molecular weight excluding hydrogens is 394 g/mol. The Kier molecular flexibility index (Phi) is 4.99. The van der Waals surface area contributed by atoms with E-state index in [-0.39, 0.29) is 22.4 Å². The summed E-state index contributed by atoms with van der Waals surface area (Å²) in [5.41, 5.74) is 2.01. The van der Waals surface area contributed by atoms with Gasteiger partial charge in [0.15, 0.2) is 0 Å². The van der Waals surface area contributed by atoms with Crippen molar-refractivity contribution in [1.29, 1.82) is 0 Å². The second-order valence-electron chi connectivity index (χ2n) is 7.42. The van der Waals surface area contributed by atoms with Crippen molar-refractivity contribution in [3.05, 3.63) is 58.1 Å². The molecule has 1 aliphatic heterocycles. The highest BCUT2D eigenvalue weighted by atomic mass is 32.2. The number of carbonyl (C=O) groups is 1. The van der Waals surface area contributed by atoms with Crippen molar-refractivity contribution >= 4 is 33.0 Å². The molecule has 0 atom stereocenters. The third-order valence-corrected chi connectivity index (χ3v) is 6.95. The summed E-state index contributed by atoms with van der Waals surface area (Å²) >= 11 is 0. The summed E-state index contributed by atoms with van der Waals surface area (Å²) in [5.74, 6) is 0.265. The number of amides is 1. The van der Waals surface area contributed by atoms with Crippen LogP contribution >= 0.6 is 0 Å². The first-order chi connectivity index (χ1) is 13.8. The Labute approximate surface area is 168 Å². The first kappa shape index (κ1) is 19.4. The summed E-state index contributed by atoms with van der Waals surface area (Å²) in [6, 6.07) is 9.89. The molecule has 1 aliphatic carbocycles. The predicted octanol–water partition coefficient (Wildman–Crippen LogP) is 3.47. The molecule has 2 aromatic carbocycles. The number of carbonyl (C=O) groups excluding carboxylic acids is 1. The van der Waals surface area contributed by atoms with E-state index in [4.69, 9.17) is 0 Å². The van der Waals surface area contributed by atoms with E-state index in [9.17, 15) is 23.3 Å². The second-order valence-corrected chi connectivity index (χ2v) is 9.10. The third-order valence-electron chi connectivity index (χ3n) is 5.56. The number of rotatable bonds is 5. The minimum atomic E-state index is -3.87. The first-order valence-electron chi connectivity index (χ1n) is 9.57. The topological polar surface area (TPSA) is 110 Å². The van der Waals surface area contributed by atoms with Crippen molar-refractivity contribution in [2.75, 3.05) is 16.2 Å². The molecule has 1 N–H and O–H groups in total. The van der Waals surface area contributed by atoms with Crippen LogP contribution in [-0.4, -0.2) is 25.8 Å². The molecule has 0 saturated heterocycles. The van der Waals surface area contributed by atoms with Crippen LogP contribution < -0.4 is 9.62 Å². The van der Waals surface area contributed by atoms with E-state index in [1.807, 2.05) is 4.90 Å². The maximum atomic E-state index is 12.8. The van der Waals surface area contributed by atoms with E-state index in [1.165, 1.54) is 12.1 Å². The van der Waals surface area contributed by atoms with Gasteiger partial charge in [-0.15, -0.1) is 0 Å². The Morgan fingerprint density at radius 1 is 1.10 bits per heavy atom. The van der Waals surface area contributed by atoms with Gasteiger partial charge in [0.2, 0.25) is 5.91 Å². The van der Waals surface area contributed by atoms with E-state index in [0.29, 0.717) is 18.7 Å². The van der Waals surface area contributed by atoms with Crippen molar-refractivity contribution in [1.82, 2.24) is 0 Å². The number of benzene rings is 2. The summed E-state index contributed by atoms with van der Waals surface area (Å²) < 4.78 is 27.7. The van der Waals surface area contributed by atoms with Crippen LogP contribution in [0.25, 0.3) is 0 Å². The molecule has 2 aromatic rings. The van der Waals surface area contributed by atoms with Crippen LogP contribution in [0, 0.1) is 16.0 Å². The number of anilines is 2. The van der Waals surface area contributed by atoms with Crippen LogP contribution in [0.4, 0.5) is 17.1 Å². The molecule has 0 aromatic heterocycles. The molecule has 2 aliphatic rings. The standard InChI is InChI=1S/C20H21N3O5S/c24-20(14-3-1-2-4-14)22-12-11-15-13-16(5-10-19(15)22)21-29(27,28)18-8-6-17(7-9-18)23(25)26/h5-10,13-14,21H,1-4,11-12H2.